The Labute approximate surface area is 118 Å². The molecule has 1 aromatic rings. The van der Waals surface area contributed by atoms with Crippen molar-refractivity contribution in [1.29, 1.82) is 0 Å². The van der Waals surface area contributed by atoms with Crippen LogP contribution in [0, 0.1) is 0 Å². The molecule has 0 aliphatic carbocycles. The standard InChI is InChI=1S/C14H21BrN2O/c1-18-14-4-3-12(11-13(14)15)5-9-17-8-2-6-16-7-10-17/h3-4,11,16H,2,5-10H2,1H3. The van der Waals surface area contributed by atoms with Crippen molar-refractivity contribution in [2.24, 2.45) is 0 Å². The van der Waals surface area contributed by atoms with Gasteiger partial charge in [-0.1, -0.05) is 6.07 Å². The first-order valence-electron chi connectivity index (χ1n) is 6.55. The molecule has 0 atom stereocenters. The number of nitrogens with zero attached hydrogens (tertiary/aromatic N) is 1. The fraction of sp³-hybridized carbons (Fsp3) is 0.571. The van der Waals surface area contributed by atoms with Gasteiger partial charge in [-0.3, -0.25) is 0 Å². The molecular formula is C14H21BrN2O. The van der Waals surface area contributed by atoms with Crippen LogP contribution >= 0.6 is 15.9 Å². The van der Waals surface area contributed by atoms with Gasteiger partial charge in [0, 0.05) is 19.6 Å². The molecule has 1 saturated heterocycles. The second-order valence-corrected chi connectivity index (χ2v) is 5.52. The molecule has 0 spiro atoms. The summed E-state index contributed by atoms with van der Waals surface area (Å²) < 4.78 is 6.29. The van der Waals surface area contributed by atoms with Crippen molar-refractivity contribution < 1.29 is 4.74 Å². The van der Waals surface area contributed by atoms with Crippen molar-refractivity contribution in [1.82, 2.24) is 10.2 Å². The number of hydrogen-bond acceptors (Lipinski definition) is 3. The van der Waals surface area contributed by atoms with E-state index >= 15 is 0 Å². The van der Waals surface area contributed by atoms with Crippen molar-refractivity contribution in [3.05, 3.63) is 28.2 Å². The quantitative estimate of drug-likeness (QED) is 0.923. The summed E-state index contributed by atoms with van der Waals surface area (Å²) in [6.07, 6.45) is 2.36. The highest BCUT2D eigenvalue weighted by atomic mass is 79.9. The van der Waals surface area contributed by atoms with Gasteiger partial charge in [0.1, 0.15) is 5.75 Å². The van der Waals surface area contributed by atoms with E-state index in [2.05, 4.69) is 38.3 Å². The topological polar surface area (TPSA) is 24.5 Å². The summed E-state index contributed by atoms with van der Waals surface area (Å²) in [6, 6.07) is 6.35. The van der Waals surface area contributed by atoms with Crippen LogP contribution in [0.15, 0.2) is 22.7 Å². The van der Waals surface area contributed by atoms with Gasteiger partial charge in [0.2, 0.25) is 0 Å². The largest absolute Gasteiger partial charge is 0.496 e. The van der Waals surface area contributed by atoms with E-state index in [1.165, 1.54) is 18.5 Å². The van der Waals surface area contributed by atoms with Crippen LogP contribution < -0.4 is 10.1 Å². The molecule has 0 bridgehead atoms. The van der Waals surface area contributed by atoms with Gasteiger partial charge >= 0.3 is 0 Å². The SMILES string of the molecule is COc1ccc(CCN2CCCNCC2)cc1Br. The molecule has 4 heteroatoms. The molecule has 0 unspecified atom stereocenters. The lowest BCUT2D eigenvalue weighted by Crippen LogP contribution is -2.30. The van der Waals surface area contributed by atoms with Gasteiger partial charge in [0.15, 0.2) is 0 Å². The molecule has 0 aromatic heterocycles. The van der Waals surface area contributed by atoms with Gasteiger partial charge in [0.25, 0.3) is 0 Å². The van der Waals surface area contributed by atoms with Crippen molar-refractivity contribution in [2.75, 3.05) is 39.8 Å². The van der Waals surface area contributed by atoms with E-state index in [9.17, 15) is 0 Å². The van der Waals surface area contributed by atoms with Crippen molar-refractivity contribution in [2.45, 2.75) is 12.8 Å². The zero-order valence-corrected chi connectivity index (χ0v) is 12.5. The molecule has 1 aromatic carbocycles. The fourth-order valence-electron chi connectivity index (χ4n) is 2.28. The third-order valence-corrected chi connectivity index (χ3v) is 3.99. The number of nitrogens with one attached hydrogen (secondary N) is 1. The van der Waals surface area contributed by atoms with E-state index < -0.39 is 0 Å². The lowest BCUT2D eigenvalue weighted by molar-refractivity contribution is 0.296. The van der Waals surface area contributed by atoms with Crippen LogP contribution in [0.1, 0.15) is 12.0 Å². The Bertz CT molecular complexity index is 376. The number of benzene rings is 1. The van der Waals surface area contributed by atoms with Crippen LogP contribution in [-0.4, -0.2) is 44.7 Å². The molecule has 2 rings (SSSR count). The Morgan fingerprint density at radius 1 is 1.33 bits per heavy atom. The second kappa shape index (κ2) is 7.12. The number of ether oxygens (including phenoxy) is 1. The minimum Gasteiger partial charge on any atom is -0.496 e. The summed E-state index contributed by atoms with van der Waals surface area (Å²) >= 11 is 3.54. The third-order valence-electron chi connectivity index (χ3n) is 3.37. The van der Waals surface area contributed by atoms with Gasteiger partial charge in [-0.25, -0.2) is 0 Å². The Morgan fingerprint density at radius 2 is 2.22 bits per heavy atom. The lowest BCUT2D eigenvalue weighted by Gasteiger charge is -2.19. The molecule has 1 heterocycles. The maximum absolute atomic E-state index is 5.25. The van der Waals surface area contributed by atoms with E-state index in [-0.39, 0.29) is 0 Å². The van der Waals surface area contributed by atoms with Crippen LogP contribution in [0.2, 0.25) is 0 Å². The van der Waals surface area contributed by atoms with Crippen LogP contribution in [0.25, 0.3) is 0 Å². The summed E-state index contributed by atoms with van der Waals surface area (Å²) in [5.74, 6) is 0.901. The minimum atomic E-state index is 0.901. The Morgan fingerprint density at radius 3 is 3.00 bits per heavy atom. The maximum atomic E-state index is 5.25. The first-order valence-corrected chi connectivity index (χ1v) is 7.34. The molecule has 0 saturated carbocycles. The molecule has 100 valence electrons. The Balaban J connectivity index is 1.87. The number of rotatable bonds is 4. The monoisotopic (exact) mass is 312 g/mol. The van der Waals surface area contributed by atoms with E-state index in [0.29, 0.717) is 0 Å². The number of halogens is 1. The first kappa shape index (κ1) is 13.8. The Hall–Kier alpha value is -0.580. The van der Waals surface area contributed by atoms with E-state index in [4.69, 9.17) is 4.74 Å². The predicted molar refractivity (Wildman–Crippen MR) is 78.3 cm³/mol. The zero-order valence-electron chi connectivity index (χ0n) is 10.9. The lowest BCUT2D eigenvalue weighted by atomic mass is 10.1. The van der Waals surface area contributed by atoms with E-state index in [1.807, 2.05) is 6.07 Å². The predicted octanol–water partition coefficient (Wildman–Crippen LogP) is 2.30. The molecule has 0 radical (unpaired) electrons. The molecule has 1 fully saturated rings. The molecule has 1 aliphatic heterocycles. The molecule has 0 amide bonds. The highest BCUT2D eigenvalue weighted by Gasteiger charge is 2.08. The fourth-order valence-corrected chi connectivity index (χ4v) is 2.87. The second-order valence-electron chi connectivity index (χ2n) is 4.66. The highest BCUT2D eigenvalue weighted by molar-refractivity contribution is 9.10. The van der Waals surface area contributed by atoms with Gasteiger partial charge < -0.3 is 15.0 Å². The van der Waals surface area contributed by atoms with Crippen molar-refractivity contribution >= 4 is 15.9 Å². The van der Waals surface area contributed by atoms with E-state index in [0.717, 1.165) is 42.8 Å². The molecule has 3 nitrogen and oxygen atoms in total. The number of methoxy groups -OCH3 is 1. The van der Waals surface area contributed by atoms with Crippen LogP contribution in [0.4, 0.5) is 0 Å². The maximum Gasteiger partial charge on any atom is 0.133 e. The smallest absolute Gasteiger partial charge is 0.133 e. The van der Waals surface area contributed by atoms with Crippen LogP contribution in [0.5, 0.6) is 5.75 Å². The van der Waals surface area contributed by atoms with Gasteiger partial charge in [-0.2, -0.15) is 0 Å². The average Bonchev–Trinajstić information content (AvgIpc) is 2.65. The van der Waals surface area contributed by atoms with Gasteiger partial charge in [0.05, 0.1) is 11.6 Å². The summed E-state index contributed by atoms with van der Waals surface area (Å²) in [5, 5.41) is 3.43. The first-order chi connectivity index (χ1) is 8.79. The summed E-state index contributed by atoms with van der Waals surface area (Å²) in [7, 11) is 1.70. The Kier molecular flexibility index (Phi) is 5.47. The molecule has 1 aliphatic rings. The zero-order chi connectivity index (χ0) is 12.8. The average molecular weight is 313 g/mol. The summed E-state index contributed by atoms with van der Waals surface area (Å²) in [4.78, 5) is 2.54. The molecule has 18 heavy (non-hydrogen) atoms. The third kappa shape index (κ3) is 3.97. The van der Waals surface area contributed by atoms with E-state index in [1.54, 1.807) is 7.11 Å². The minimum absolute atomic E-state index is 0.901. The van der Waals surface area contributed by atoms with Crippen molar-refractivity contribution in [3.63, 3.8) is 0 Å². The molecular weight excluding hydrogens is 292 g/mol. The van der Waals surface area contributed by atoms with Crippen LogP contribution in [-0.2, 0) is 6.42 Å². The number of hydrogen-bond donors (Lipinski definition) is 1. The highest BCUT2D eigenvalue weighted by Crippen LogP contribution is 2.25. The van der Waals surface area contributed by atoms with Crippen molar-refractivity contribution in [3.8, 4) is 5.75 Å². The van der Waals surface area contributed by atoms with Gasteiger partial charge in [-0.15, -0.1) is 0 Å². The normalized spacial score (nSPS) is 17.4. The van der Waals surface area contributed by atoms with Gasteiger partial charge in [-0.05, 0) is 59.6 Å². The van der Waals surface area contributed by atoms with Crippen LogP contribution in [0.3, 0.4) is 0 Å². The molecule has 1 N–H and O–H groups in total. The summed E-state index contributed by atoms with van der Waals surface area (Å²) in [6.45, 7) is 5.79. The summed E-state index contributed by atoms with van der Waals surface area (Å²) in [5.41, 5.74) is 1.36.